The topological polar surface area (TPSA) is 46.0 Å². The molecule has 0 aliphatic carbocycles. The summed E-state index contributed by atoms with van der Waals surface area (Å²) in [6, 6.07) is 30.6. The predicted octanol–water partition coefficient (Wildman–Crippen LogP) is 13.3. The molecule has 0 amide bonds. The van der Waals surface area contributed by atoms with Gasteiger partial charge in [0.05, 0.1) is 21.5 Å². The third-order valence-corrected chi connectivity index (χ3v) is 10.7. The Hall–Kier alpha value is -4.28. The van der Waals surface area contributed by atoms with E-state index in [-0.39, 0.29) is 21.7 Å². The average Bonchev–Trinajstić information content (AvgIpc) is 3.47. The van der Waals surface area contributed by atoms with E-state index in [1.807, 2.05) is 12.3 Å². The zero-order chi connectivity index (χ0) is 36.4. The fourth-order valence-corrected chi connectivity index (χ4v) is 7.41. The number of nitrogens with zero attached hydrogens (tertiary/aromatic N) is 2. The molecule has 0 fully saturated rings. The van der Waals surface area contributed by atoms with Gasteiger partial charge in [-0.3, -0.25) is 4.98 Å². The average molecular weight is 681 g/mol. The van der Waals surface area contributed by atoms with Crippen molar-refractivity contribution in [3.05, 3.63) is 113 Å². The maximum atomic E-state index is 11.8. The van der Waals surface area contributed by atoms with Crippen LogP contribution in [0.25, 0.3) is 54.3 Å². The van der Waals surface area contributed by atoms with Crippen molar-refractivity contribution in [2.45, 2.75) is 105 Å². The first-order chi connectivity index (χ1) is 23.2. The summed E-state index contributed by atoms with van der Waals surface area (Å²) in [4.78, 5) is 10.3. The van der Waals surface area contributed by atoms with E-state index in [1.54, 1.807) is 11.3 Å². The van der Waals surface area contributed by atoms with Gasteiger partial charge < -0.3 is 5.11 Å². The summed E-state index contributed by atoms with van der Waals surface area (Å²) in [6.45, 7) is 26.8. The molecular weight excluding hydrogens is 629 g/mol. The Morgan fingerprint density at radius 1 is 0.520 bits per heavy atom. The second-order valence-corrected chi connectivity index (χ2v) is 18.9. The van der Waals surface area contributed by atoms with Crippen LogP contribution in [0.3, 0.4) is 0 Å². The highest BCUT2D eigenvalue weighted by molar-refractivity contribution is 7.21. The third kappa shape index (κ3) is 7.14. The largest absolute Gasteiger partial charge is 0.507 e. The standard InChI is InChI=1S/C46H52N2OS/c1-43(2,3)32-21-30(20-31(22-32)38-23-29(18-19-47-38)28-16-14-13-15-17-28)35-24-34(45(7,8)9)27-39-40(35)48-42(50-39)36-25-33(44(4,5)6)26-37(41(36)49)46(10,11)12/h13-27,49H,1-12H3. The molecule has 0 spiro atoms. The molecule has 258 valence electrons. The number of aromatic hydroxyl groups is 1. The van der Waals surface area contributed by atoms with E-state index < -0.39 is 0 Å². The first-order valence-corrected chi connectivity index (χ1v) is 18.5. The maximum Gasteiger partial charge on any atom is 0.129 e. The lowest BCUT2D eigenvalue weighted by atomic mass is 9.79. The van der Waals surface area contributed by atoms with E-state index in [0.717, 1.165) is 54.3 Å². The number of hydrogen-bond acceptors (Lipinski definition) is 4. The van der Waals surface area contributed by atoms with Gasteiger partial charge in [0.15, 0.2) is 0 Å². The number of rotatable bonds is 4. The Labute approximate surface area is 303 Å². The van der Waals surface area contributed by atoms with Crippen LogP contribution in [0, 0.1) is 0 Å². The Morgan fingerprint density at radius 2 is 1.10 bits per heavy atom. The van der Waals surface area contributed by atoms with Gasteiger partial charge in [0.1, 0.15) is 10.8 Å². The molecule has 0 radical (unpaired) electrons. The Kier molecular flexibility index (Phi) is 8.88. The minimum absolute atomic E-state index is 0.0726. The second kappa shape index (κ2) is 12.5. The van der Waals surface area contributed by atoms with Crippen molar-refractivity contribution in [3.63, 3.8) is 0 Å². The van der Waals surface area contributed by atoms with E-state index >= 15 is 0 Å². The van der Waals surface area contributed by atoms with Gasteiger partial charge in [0, 0.05) is 22.9 Å². The molecule has 0 aliphatic rings. The number of aromatic nitrogens is 2. The van der Waals surface area contributed by atoms with Crippen LogP contribution in [0.4, 0.5) is 0 Å². The Bertz CT molecular complexity index is 2200. The summed E-state index contributed by atoms with van der Waals surface area (Å²) in [5.74, 6) is 0.323. The zero-order valence-electron chi connectivity index (χ0n) is 31.9. The number of hydrogen-bond donors (Lipinski definition) is 1. The molecule has 1 N–H and O–H groups in total. The zero-order valence-corrected chi connectivity index (χ0v) is 32.7. The highest BCUT2D eigenvalue weighted by Crippen LogP contribution is 2.46. The van der Waals surface area contributed by atoms with E-state index in [0.29, 0.717) is 5.75 Å². The highest BCUT2D eigenvalue weighted by atomic mass is 32.1. The minimum atomic E-state index is -0.225. The predicted molar refractivity (Wildman–Crippen MR) is 216 cm³/mol. The summed E-state index contributed by atoms with van der Waals surface area (Å²) in [5, 5.41) is 12.7. The normalized spacial score (nSPS) is 12.9. The molecule has 0 saturated heterocycles. The van der Waals surface area contributed by atoms with E-state index in [4.69, 9.17) is 9.97 Å². The molecule has 0 atom stereocenters. The number of phenols is 1. The van der Waals surface area contributed by atoms with Gasteiger partial charge in [0.2, 0.25) is 0 Å². The lowest BCUT2D eigenvalue weighted by molar-refractivity contribution is 0.446. The Balaban J connectivity index is 1.62. The van der Waals surface area contributed by atoms with Crippen molar-refractivity contribution in [2.75, 3.05) is 0 Å². The molecule has 50 heavy (non-hydrogen) atoms. The fourth-order valence-electron chi connectivity index (χ4n) is 6.36. The highest BCUT2D eigenvalue weighted by Gasteiger charge is 2.28. The quantitative estimate of drug-likeness (QED) is 0.202. The van der Waals surface area contributed by atoms with Crippen LogP contribution in [0.5, 0.6) is 5.75 Å². The van der Waals surface area contributed by atoms with Gasteiger partial charge in [-0.25, -0.2) is 4.98 Å². The van der Waals surface area contributed by atoms with Gasteiger partial charge in [-0.15, -0.1) is 11.3 Å². The molecule has 2 heterocycles. The van der Waals surface area contributed by atoms with Crippen LogP contribution in [0.2, 0.25) is 0 Å². The van der Waals surface area contributed by atoms with Crippen molar-refractivity contribution in [2.24, 2.45) is 0 Å². The molecule has 6 aromatic rings. The molecule has 6 rings (SSSR count). The van der Waals surface area contributed by atoms with Crippen molar-refractivity contribution in [1.82, 2.24) is 9.97 Å². The summed E-state index contributed by atoms with van der Waals surface area (Å²) in [6.07, 6.45) is 1.91. The van der Waals surface area contributed by atoms with Crippen LogP contribution in [-0.2, 0) is 21.7 Å². The van der Waals surface area contributed by atoms with Gasteiger partial charge in [-0.2, -0.15) is 0 Å². The van der Waals surface area contributed by atoms with Crippen molar-refractivity contribution >= 4 is 21.6 Å². The molecule has 0 aliphatic heterocycles. The third-order valence-electron chi connectivity index (χ3n) is 9.65. The van der Waals surface area contributed by atoms with Crippen molar-refractivity contribution < 1.29 is 5.11 Å². The SMILES string of the molecule is CC(C)(C)c1cc(-c2cc(-c3ccccc3)ccn2)cc(-c2cc(C(C)(C)C)cc3sc(-c4cc(C(C)(C)C)cc(C(C)(C)C)c4O)nc23)c1. The van der Waals surface area contributed by atoms with Crippen LogP contribution in [0.1, 0.15) is 105 Å². The first-order valence-electron chi connectivity index (χ1n) is 17.7. The minimum Gasteiger partial charge on any atom is -0.507 e. The molecule has 2 aromatic heterocycles. The first kappa shape index (κ1) is 35.5. The van der Waals surface area contributed by atoms with Crippen LogP contribution in [-0.4, -0.2) is 15.1 Å². The monoisotopic (exact) mass is 680 g/mol. The Morgan fingerprint density at radius 3 is 1.72 bits per heavy atom. The number of phenolic OH excluding ortho intramolecular Hbond substituents is 1. The smallest absolute Gasteiger partial charge is 0.129 e. The van der Waals surface area contributed by atoms with Gasteiger partial charge in [-0.05, 0) is 97.5 Å². The summed E-state index contributed by atoms with van der Waals surface area (Å²) in [7, 11) is 0. The molecule has 4 aromatic carbocycles. The maximum absolute atomic E-state index is 11.8. The number of fused-ring (bicyclic) bond motifs is 1. The van der Waals surface area contributed by atoms with Crippen molar-refractivity contribution in [3.8, 4) is 49.8 Å². The summed E-state index contributed by atoms with van der Waals surface area (Å²) in [5.41, 5.74) is 12.5. The van der Waals surface area contributed by atoms with Crippen molar-refractivity contribution in [1.29, 1.82) is 0 Å². The number of benzene rings is 4. The summed E-state index contributed by atoms with van der Waals surface area (Å²) < 4.78 is 1.12. The van der Waals surface area contributed by atoms with E-state index in [2.05, 4.69) is 162 Å². The number of thiazole rings is 1. The van der Waals surface area contributed by atoms with Gasteiger partial charge in [-0.1, -0.05) is 126 Å². The number of pyridine rings is 1. The second-order valence-electron chi connectivity index (χ2n) is 17.9. The van der Waals surface area contributed by atoms with Crippen LogP contribution >= 0.6 is 11.3 Å². The molecule has 0 bridgehead atoms. The van der Waals surface area contributed by atoms with Gasteiger partial charge >= 0.3 is 0 Å². The van der Waals surface area contributed by atoms with Crippen LogP contribution in [0.15, 0.2) is 91.1 Å². The fraction of sp³-hybridized carbons (Fsp3) is 0.348. The molecule has 3 nitrogen and oxygen atoms in total. The lowest BCUT2D eigenvalue weighted by Gasteiger charge is -2.27. The van der Waals surface area contributed by atoms with Crippen LogP contribution < -0.4 is 0 Å². The molecule has 0 unspecified atom stereocenters. The molecular formula is C46H52N2OS. The summed E-state index contributed by atoms with van der Waals surface area (Å²) >= 11 is 1.67. The van der Waals surface area contributed by atoms with E-state index in [9.17, 15) is 5.11 Å². The molecule has 0 saturated carbocycles. The lowest BCUT2D eigenvalue weighted by Crippen LogP contribution is -2.17. The van der Waals surface area contributed by atoms with Gasteiger partial charge in [0.25, 0.3) is 0 Å². The van der Waals surface area contributed by atoms with E-state index in [1.165, 1.54) is 22.3 Å². The molecule has 4 heteroatoms.